The third kappa shape index (κ3) is 4.25. The number of nitrogens with one attached hydrogen (secondary N) is 1. The summed E-state index contributed by atoms with van der Waals surface area (Å²) in [4.78, 5) is 16.1. The van der Waals surface area contributed by atoms with Crippen LogP contribution in [0.5, 0.6) is 0 Å². The van der Waals surface area contributed by atoms with Crippen molar-refractivity contribution in [3.05, 3.63) is 45.4 Å². The van der Waals surface area contributed by atoms with Crippen LogP contribution in [0.4, 0.5) is 11.5 Å². The van der Waals surface area contributed by atoms with Crippen molar-refractivity contribution in [1.29, 1.82) is 10.5 Å². The van der Waals surface area contributed by atoms with Crippen LogP contribution in [0.2, 0.25) is 0 Å². The molecule has 0 saturated heterocycles. The Labute approximate surface area is 151 Å². The summed E-state index contributed by atoms with van der Waals surface area (Å²) in [5, 5.41) is 21.2. The molecular formula is C16H12BrN5OS. The lowest BCUT2D eigenvalue weighted by atomic mass is 10.2. The number of benzene rings is 1. The van der Waals surface area contributed by atoms with Crippen molar-refractivity contribution in [3.63, 3.8) is 0 Å². The lowest BCUT2D eigenvalue weighted by Gasteiger charge is -2.09. The second kappa shape index (κ2) is 7.82. The molecule has 2 rings (SSSR count). The van der Waals surface area contributed by atoms with E-state index in [9.17, 15) is 4.79 Å². The summed E-state index contributed by atoms with van der Waals surface area (Å²) in [6.07, 6.45) is 0. The van der Waals surface area contributed by atoms with Crippen molar-refractivity contribution < 1.29 is 4.79 Å². The molecule has 0 bridgehead atoms. The van der Waals surface area contributed by atoms with Gasteiger partial charge in [0.1, 0.15) is 23.0 Å². The van der Waals surface area contributed by atoms with Crippen LogP contribution in [0.15, 0.2) is 33.8 Å². The Morgan fingerprint density at radius 3 is 2.67 bits per heavy atom. The van der Waals surface area contributed by atoms with Crippen molar-refractivity contribution in [2.45, 2.75) is 11.9 Å². The third-order valence-electron chi connectivity index (χ3n) is 3.06. The minimum absolute atomic E-state index is 0.0446. The normalized spacial score (nSPS) is 9.83. The Bertz CT molecular complexity index is 885. The summed E-state index contributed by atoms with van der Waals surface area (Å²) in [7, 11) is 0. The highest BCUT2D eigenvalue weighted by Gasteiger charge is 2.13. The van der Waals surface area contributed by atoms with E-state index in [1.807, 2.05) is 31.2 Å². The number of nitriles is 2. The first-order valence-corrected chi connectivity index (χ1v) is 8.52. The monoisotopic (exact) mass is 401 g/mol. The standard InChI is InChI=1S/C16H12BrN5OS/c1-9-4-12(17)2-3-13(9)21-14(23)8-24-16-11(7-19)5-10(6-18)15(20)22-16/h2-5H,8H2,1H3,(H2,20,22)(H,21,23). The Balaban J connectivity index is 2.08. The van der Waals surface area contributed by atoms with Gasteiger partial charge in [-0.1, -0.05) is 27.7 Å². The number of anilines is 2. The van der Waals surface area contributed by atoms with Gasteiger partial charge < -0.3 is 11.1 Å². The predicted octanol–water partition coefficient (Wildman–Crippen LogP) is 3.21. The SMILES string of the molecule is Cc1cc(Br)ccc1NC(=O)CSc1nc(N)c(C#N)cc1C#N. The van der Waals surface area contributed by atoms with E-state index in [4.69, 9.17) is 16.3 Å². The van der Waals surface area contributed by atoms with Gasteiger partial charge in [0.05, 0.1) is 16.9 Å². The summed E-state index contributed by atoms with van der Waals surface area (Å²) in [6, 6.07) is 10.8. The molecule has 24 heavy (non-hydrogen) atoms. The van der Waals surface area contributed by atoms with E-state index >= 15 is 0 Å². The summed E-state index contributed by atoms with van der Waals surface area (Å²) < 4.78 is 0.934. The van der Waals surface area contributed by atoms with Gasteiger partial charge in [-0.3, -0.25) is 4.79 Å². The number of aryl methyl sites for hydroxylation is 1. The molecule has 8 heteroatoms. The van der Waals surface area contributed by atoms with E-state index in [0.29, 0.717) is 5.03 Å². The smallest absolute Gasteiger partial charge is 0.234 e. The van der Waals surface area contributed by atoms with Crippen LogP contribution in [0.1, 0.15) is 16.7 Å². The summed E-state index contributed by atoms with van der Waals surface area (Å²) in [6.45, 7) is 1.89. The Hall–Kier alpha value is -2.55. The van der Waals surface area contributed by atoms with Gasteiger partial charge in [-0.2, -0.15) is 10.5 Å². The lowest BCUT2D eigenvalue weighted by Crippen LogP contribution is -2.15. The second-order valence-electron chi connectivity index (χ2n) is 4.79. The van der Waals surface area contributed by atoms with Crippen molar-refractivity contribution in [1.82, 2.24) is 4.98 Å². The highest BCUT2D eigenvalue weighted by molar-refractivity contribution is 9.10. The van der Waals surface area contributed by atoms with E-state index in [1.165, 1.54) is 6.07 Å². The lowest BCUT2D eigenvalue weighted by molar-refractivity contribution is -0.113. The third-order valence-corrected chi connectivity index (χ3v) is 4.54. The maximum atomic E-state index is 12.1. The van der Waals surface area contributed by atoms with E-state index in [-0.39, 0.29) is 28.6 Å². The molecule has 0 unspecified atom stereocenters. The zero-order valence-corrected chi connectivity index (χ0v) is 15.0. The fraction of sp³-hybridized carbons (Fsp3) is 0.125. The second-order valence-corrected chi connectivity index (χ2v) is 6.67. The molecular weight excluding hydrogens is 390 g/mol. The van der Waals surface area contributed by atoms with Crippen LogP contribution in [-0.4, -0.2) is 16.6 Å². The molecule has 1 aromatic heterocycles. The first kappa shape index (κ1) is 17.8. The molecule has 0 aliphatic rings. The van der Waals surface area contributed by atoms with Gasteiger partial charge in [0, 0.05) is 10.2 Å². The highest BCUT2D eigenvalue weighted by atomic mass is 79.9. The largest absolute Gasteiger partial charge is 0.383 e. The number of nitrogen functional groups attached to an aromatic ring is 1. The number of nitrogens with two attached hydrogens (primary N) is 1. The van der Waals surface area contributed by atoms with Gasteiger partial charge in [0.25, 0.3) is 0 Å². The fourth-order valence-electron chi connectivity index (χ4n) is 1.88. The quantitative estimate of drug-likeness (QED) is 0.759. The first-order chi connectivity index (χ1) is 11.4. The maximum absolute atomic E-state index is 12.1. The number of pyridine rings is 1. The van der Waals surface area contributed by atoms with Crippen LogP contribution in [0, 0.1) is 29.6 Å². The number of thioether (sulfide) groups is 1. The molecule has 0 atom stereocenters. The molecule has 0 radical (unpaired) electrons. The molecule has 0 saturated carbocycles. The first-order valence-electron chi connectivity index (χ1n) is 6.74. The van der Waals surface area contributed by atoms with Crippen molar-refractivity contribution >= 4 is 45.1 Å². The minimum atomic E-state index is -0.223. The van der Waals surface area contributed by atoms with Gasteiger partial charge in [0.2, 0.25) is 5.91 Å². The number of halogens is 1. The molecule has 120 valence electrons. The number of rotatable bonds is 4. The Kier molecular flexibility index (Phi) is 5.80. The van der Waals surface area contributed by atoms with Gasteiger partial charge in [0.15, 0.2) is 0 Å². The topological polar surface area (TPSA) is 116 Å². The highest BCUT2D eigenvalue weighted by Crippen LogP contribution is 2.25. The molecule has 0 spiro atoms. The van der Waals surface area contributed by atoms with Gasteiger partial charge in [-0.25, -0.2) is 4.98 Å². The average Bonchev–Trinajstić information content (AvgIpc) is 2.55. The predicted molar refractivity (Wildman–Crippen MR) is 96.3 cm³/mol. The number of carbonyl (C=O) groups excluding carboxylic acids is 1. The number of nitrogens with zero attached hydrogens (tertiary/aromatic N) is 3. The van der Waals surface area contributed by atoms with Crippen LogP contribution in [0.3, 0.4) is 0 Å². The molecule has 3 N–H and O–H groups in total. The number of carbonyl (C=O) groups is 1. The van der Waals surface area contributed by atoms with E-state index in [0.717, 1.165) is 27.5 Å². The molecule has 0 fully saturated rings. The van der Waals surface area contributed by atoms with E-state index < -0.39 is 0 Å². The zero-order valence-electron chi connectivity index (χ0n) is 12.6. The van der Waals surface area contributed by atoms with E-state index in [1.54, 1.807) is 6.07 Å². The molecule has 1 aromatic carbocycles. The van der Waals surface area contributed by atoms with Crippen LogP contribution >= 0.6 is 27.7 Å². The molecule has 1 heterocycles. The van der Waals surface area contributed by atoms with Crippen molar-refractivity contribution in [2.75, 3.05) is 16.8 Å². The molecule has 6 nitrogen and oxygen atoms in total. The van der Waals surface area contributed by atoms with Gasteiger partial charge >= 0.3 is 0 Å². The number of amides is 1. The van der Waals surface area contributed by atoms with E-state index in [2.05, 4.69) is 26.2 Å². The fourth-order valence-corrected chi connectivity index (χ4v) is 3.12. The zero-order chi connectivity index (χ0) is 17.7. The summed E-state index contributed by atoms with van der Waals surface area (Å²) in [5.41, 5.74) is 7.67. The minimum Gasteiger partial charge on any atom is -0.383 e. The summed E-state index contributed by atoms with van der Waals surface area (Å²) >= 11 is 4.46. The molecule has 0 aliphatic carbocycles. The van der Waals surface area contributed by atoms with Gasteiger partial charge in [-0.15, -0.1) is 0 Å². The Morgan fingerprint density at radius 1 is 1.33 bits per heavy atom. The number of hydrogen-bond acceptors (Lipinski definition) is 6. The maximum Gasteiger partial charge on any atom is 0.234 e. The molecule has 2 aromatic rings. The summed E-state index contributed by atoms with van der Waals surface area (Å²) in [5.74, 6) is -0.107. The number of hydrogen-bond donors (Lipinski definition) is 2. The van der Waals surface area contributed by atoms with Crippen LogP contribution < -0.4 is 11.1 Å². The molecule has 0 aliphatic heterocycles. The Morgan fingerprint density at radius 2 is 2.04 bits per heavy atom. The average molecular weight is 402 g/mol. The number of aromatic nitrogens is 1. The van der Waals surface area contributed by atoms with Gasteiger partial charge in [-0.05, 0) is 36.8 Å². The van der Waals surface area contributed by atoms with Crippen molar-refractivity contribution in [2.24, 2.45) is 0 Å². The van der Waals surface area contributed by atoms with Crippen LogP contribution in [-0.2, 0) is 4.79 Å². The molecule has 1 amide bonds. The van der Waals surface area contributed by atoms with Crippen molar-refractivity contribution in [3.8, 4) is 12.1 Å². The van der Waals surface area contributed by atoms with Crippen LogP contribution in [0.25, 0.3) is 0 Å².